The first kappa shape index (κ1) is 12.8. The van der Waals surface area contributed by atoms with Gasteiger partial charge in [-0.05, 0) is 39.7 Å². The van der Waals surface area contributed by atoms with E-state index in [-0.39, 0.29) is 5.91 Å². The minimum atomic E-state index is 0.231. The number of nitrogens with one attached hydrogen (secondary N) is 2. The van der Waals surface area contributed by atoms with E-state index in [4.69, 9.17) is 0 Å². The lowest BCUT2D eigenvalue weighted by Gasteiger charge is -2.42. The Kier molecular flexibility index (Phi) is 4.05. The third-order valence-electron chi connectivity index (χ3n) is 4.48. The van der Waals surface area contributed by atoms with Crippen LogP contribution in [-0.2, 0) is 4.79 Å². The van der Waals surface area contributed by atoms with Crippen LogP contribution in [0, 0.1) is 0 Å². The summed E-state index contributed by atoms with van der Waals surface area (Å²) in [6.07, 6.45) is 5.34. The molecule has 0 radical (unpaired) electrons. The third-order valence-corrected chi connectivity index (χ3v) is 4.48. The first-order valence-corrected chi connectivity index (χ1v) is 6.83. The number of carbonyl (C=O) groups excluding carboxylic acids is 1. The van der Waals surface area contributed by atoms with Crippen molar-refractivity contribution >= 4 is 5.91 Å². The van der Waals surface area contributed by atoms with Crippen LogP contribution in [0.3, 0.4) is 0 Å². The third kappa shape index (κ3) is 3.19. The monoisotopic (exact) mass is 239 g/mol. The van der Waals surface area contributed by atoms with Crippen LogP contribution in [0.2, 0.25) is 0 Å². The van der Waals surface area contributed by atoms with Crippen molar-refractivity contribution in [2.75, 3.05) is 26.7 Å². The Labute approximate surface area is 104 Å². The Morgan fingerprint density at radius 2 is 2.12 bits per heavy atom. The van der Waals surface area contributed by atoms with E-state index in [0.717, 1.165) is 32.5 Å². The summed E-state index contributed by atoms with van der Waals surface area (Å²) in [6.45, 7) is 5.39. The second kappa shape index (κ2) is 5.36. The molecule has 0 saturated carbocycles. The van der Waals surface area contributed by atoms with Crippen LogP contribution in [0.15, 0.2) is 0 Å². The molecule has 0 bridgehead atoms. The van der Waals surface area contributed by atoms with Crippen molar-refractivity contribution in [3.63, 3.8) is 0 Å². The topological polar surface area (TPSA) is 44.4 Å². The summed E-state index contributed by atoms with van der Waals surface area (Å²) in [5.41, 5.74) is 0.295. The fraction of sp³-hybridized carbons (Fsp3) is 0.923. The molecule has 1 amide bonds. The number of hydrogen-bond donors (Lipinski definition) is 2. The SMILES string of the molecule is CNC1(C)CCN(C2CCCNC(=O)C2)CC1. The fourth-order valence-electron chi connectivity index (χ4n) is 2.90. The summed E-state index contributed by atoms with van der Waals surface area (Å²) < 4.78 is 0. The molecule has 2 aliphatic heterocycles. The maximum atomic E-state index is 11.6. The Balaban J connectivity index is 1.89. The van der Waals surface area contributed by atoms with E-state index in [1.807, 2.05) is 0 Å². The minimum Gasteiger partial charge on any atom is -0.356 e. The molecule has 2 N–H and O–H groups in total. The van der Waals surface area contributed by atoms with Crippen LogP contribution >= 0.6 is 0 Å². The van der Waals surface area contributed by atoms with Crippen molar-refractivity contribution < 1.29 is 4.79 Å². The molecule has 2 rings (SSSR count). The molecule has 1 unspecified atom stereocenters. The molecule has 17 heavy (non-hydrogen) atoms. The van der Waals surface area contributed by atoms with Gasteiger partial charge in [-0.3, -0.25) is 9.69 Å². The van der Waals surface area contributed by atoms with Crippen LogP contribution in [0.4, 0.5) is 0 Å². The maximum Gasteiger partial charge on any atom is 0.221 e. The number of likely N-dealkylation sites (tertiary alicyclic amines) is 1. The summed E-state index contributed by atoms with van der Waals surface area (Å²) >= 11 is 0. The molecule has 0 aromatic carbocycles. The zero-order valence-corrected chi connectivity index (χ0v) is 11.1. The Morgan fingerprint density at radius 1 is 1.41 bits per heavy atom. The highest BCUT2D eigenvalue weighted by Gasteiger charge is 2.32. The molecule has 98 valence electrons. The standard InChI is InChI=1S/C13H25N3O/c1-13(14-2)5-8-16(9-6-13)11-4-3-7-15-12(17)10-11/h11,14H,3-10H2,1-2H3,(H,15,17). The smallest absolute Gasteiger partial charge is 0.221 e. The van der Waals surface area contributed by atoms with E-state index in [0.29, 0.717) is 18.0 Å². The number of carbonyl (C=O) groups is 1. The second-order valence-electron chi connectivity index (χ2n) is 5.70. The highest BCUT2D eigenvalue weighted by Crippen LogP contribution is 2.25. The summed E-state index contributed by atoms with van der Waals surface area (Å²) in [5.74, 6) is 0.231. The number of nitrogens with zero attached hydrogens (tertiary/aromatic N) is 1. The molecule has 0 spiro atoms. The van der Waals surface area contributed by atoms with Crippen molar-refractivity contribution in [1.82, 2.24) is 15.5 Å². The van der Waals surface area contributed by atoms with Gasteiger partial charge in [0.15, 0.2) is 0 Å². The van der Waals surface area contributed by atoms with Gasteiger partial charge < -0.3 is 10.6 Å². The maximum absolute atomic E-state index is 11.6. The van der Waals surface area contributed by atoms with Crippen molar-refractivity contribution in [2.24, 2.45) is 0 Å². The lowest BCUT2D eigenvalue weighted by molar-refractivity contribution is -0.121. The lowest BCUT2D eigenvalue weighted by atomic mass is 9.88. The Bertz CT molecular complexity index is 272. The first-order valence-electron chi connectivity index (χ1n) is 6.83. The number of rotatable bonds is 2. The summed E-state index contributed by atoms with van der Waals surface area (Å²) in [5, 5.41) is 6.38. The predicted molar refractivity (Wildman–Crippen MR) is 68.9 cm³/mol. The number of piperidine rings is 1. The van der Waals surface area contributed by atoms with Gasteiger partial charge in [-0.15, -0.1) is 0 Å². The first-order chi connectivity index (χ1) is 8.13. The molecule has 0 aromatic heterocycles. The van der Waals surface area contributed by atoms with Gasteiger partial charge in [-0.25, -0.2) is 0 Å². The highest BCUT2D eigenvalue weighted by molar-refractivity contribution is 5.76. The van der Waals surface area contributed by atoms with E-state index >= 15 is 0 Å². The summed E-state index contributed by atoms with van der Waals surface area (Å²) in [7, 11) is 2.05. The summed E-state index contributed by atoms with van der Waals surface area (Å²) in [6, 6.07) is 0.471. The van der Waals surface area contributed by atoms with Gasteiger partial charge in [0.25, 0.3) is 0 Å². The van der Waals surface area contributed by atoms with E-state index in [2.05, 4.69) is 29.5 Å². The second-order valence-corrected chi connectivity index (χ2v) is 5.70. The molecule has 2 heterocycles. The van der Waals surface area contributed by atoms with Crippen molar-refractivity contribution in [2.45, 2.75) is 50.6 Å². The van der Waals surface area contributed by atoms with Crippen LogP contribution in [0.25, 0.3) is 0 Å². The Morgan fingerprint density at radius 3 is 2.76 bits per heavy atom. The molecular weight excluding hydrogens is 214 g/mol. The molecule has 0 aliphatic carbocycles. The van der Waals surface area contributed by atoms with Gasteiger partial charge in [0.1, 0.15) is 0 Å². The van der Waals surface area contributed by atoms with E-state index in [1.54, 1.807) is 0 Å². The van der Waals surface area contributed by atoms with E-state index < -0.39 is 0 Å². The van der Waals surface area contributed by atoms with Gasteiger partial charge in [0.05, 0.1) is 0 Å². The van der Waals surface area contributed by atoms with Gasteiger partial charge >= 0.3 is 0 Å². The van der Waals surface area contributed by atoms with Crippen molar-refractivity contribution in [1.29, 1.82) is 0 Å². The Hall–Kier alpha value is -0.610. The van der Waals surface area contributed by atoms with E-state index in [1.165, 1.54) is 12.8 Å². The molecule has 4 nitrogen and oxygen atoms in total. The van der Waals surface area contributed by atoms with Gasteiger partial charge in [-0.2, -0.15) is 0 Å². The molecular formula is C13H25N3O. The van der Waals surface area contributed by atoms with Crippen LogP contribution in [0.5, 0.6) is 0 Å². The minimum absolute atomic E-state index is 0.231. The van der Waals surface area contributed by atoms with Crippen LogP contribution < -0.4 is 10.6 Å². The molecule has 0 aromatic rings. The molecule has 2 aliphatic rings. The normalized spacial score (nSPS) is 30.7. The molecule has 2 fully saturated rings. The molecule has 1 atom stereocenters. The largest absolute Gasteiger partial charge is 0.356 e. The van der Waals surface area contributed by atoms with Crippen LogP contribution in [-0.4, -0.2) is 49.1 Å². The number of amides is 1. The quantitative estimate of drug-likeness (QED) is 0.746. The average molecular weight is 239 g/mol. The lowest BCUT2D eigenvalue weighted by Crippen LogP contribution is -2.52. The van der Waals surface area contributed by atoms with E-state index in [9.17, 15) is 4.79 Å². The zero-order chi connectivity index (χ0) is 12.3. The van der Waals surface area contributed by atoms with Crippen LogP contribution in [0.1, 0.15) is 39.0 Å². The molecule has 4 heteroatoms. The zero-order valence-electron chi connectivity index (χ0n) is 11.1. The van der Waals surface area contributed by atoms with Gasteiger partial charge in [-0.1, -0.05) is 0 Å². The summed E-state index contributed by atoms with van der Waals surface area (Å²) in [4.78, 5) is 14.1. The highest BCUT2D eigenvalue weighted by atomic mass is 16.1. The van der Waals surface area contributed by atoms with Gasteiger partial charge in [0, 0.05) is 37.6 Å². The number of hydrogen-bond acceptors (Lipinski definition) is 3. The predicted octanol–water partition coefficient (Wildman–Crippen LogP) is 0.729. The van der Waals surface area contributed by atoms with Crippen molar-refractivity contribution in [3.05, 3.63) is 0 Å². The average Bonchev–Trinajstić information content (AvgIpc) is 2.55. The molecule has 2 saturated heterocycles. The fourth-order valence-corrected chi connectivity index (χ4v) is 2.90. The van der Waals surface area contributed by atoms with Crippen molar-refractivity contribution in [3.8, 4) is 0 Å². The van der Waals surface area contributed by atoms with Gasteiger partial charge in [0.2, 0.25) is 5.91 Å².